The lowest BCUT2D eigenvalue weighted by Gasteiger charge is -2.38. The zero-order chi connectivity index (χ0) is 49.3. The number of aromatic nitrogens is 4. The highest BCUT2D eigenvalue weighted by molar-refractivity contribution is 6.23. The van der Waals surface area contributed by atoms with Crippen LogP contribution in [0, 0.1) is 11.8 Å². The van der Waals surface area contributed by atoms with E-state index in [1.807, 2.05) is 42.7 Å². The summed E-state index contributed by atoms with van der Waals surface area (Å²) < 4.78 is 2.10. The third-order valence-electron chi connectivity index (χ3n) is 16.0. The summed E-state index contributed by atoms with van der Waals surface area (Å²) in [7, 11) is 0. The molecule has 1 aliphatic carbocycles. The van der Waals surface area contributed by atoms with E-state index in [0.717, 1.165) is 124 Å². The van der Waals surface area contributed by atoms with Gasteiger partial charge in [-0.05, 0) is 118 Å². The van der Waals surface area contributed by atoms with E-state index in [2.05, 4.69) is 74.4 Å². The minimum Gasteiger partial charge on any atom is -0.371 e. The van der Waals surface area contributed by atoms with Crippen molar-refractivity contribution in [1.82, 2.24) is 44.9 Å². The van der Waals surface area contributed by atoms with Gasteiger partial charge in [-0.25, -0.2) is 15.0 Å². The van der Waals surface area contributed by atoms with E-state index >= 15 is 0 Å². The van der Waals surface area contributed by atoms with Crippen LogP contribution < -0.4 is 25.8 Å². The molecular formula is C54H62N12O6. The molecule has 3 N–H and O–H groups in total. The number of piperazine rings is 1. The number of piperidine rings is 3. The molecule has 5 aliphatic heterocycles. The number of amides is 6. The summed E-state index contributed by atoms with van der Waals surface area (Å²) in [5.41, 5.74) is 6.02. The third-order valence-corrected chi connectivity index (χ3v) is 16.0. The predicted molar refractivity (Wildman–Crippen MR) is 271 cm³/mol. The molecule has 6 amide bonds. The van der Waals surface area contributed by atoms with Gasteiger partial charge in [-0.1, -0.05) is 30.3 Å². The normalized spacial score (nSPS) is 22.2. The van der Waals surface area contributed by atoms with Crippen molar-refractivity contribution in [2.24, 2.45) is 11.8 Å². The van der Waals surface area contributed by atoms with Crippen LogP contribution in [0.25, 0.3) is 11.2 Å². The van der Waals surface area contributed by atoms with Crippen LogP contribution in [0.15, 0.2) is 85.5 Å². The van der Waals surface area contributed by atoms with E-state index in [0.29, 0.717) is 31.2 Å². The molecule has 18 heteroatoms. The number of nitrogens with zero attached hydrogens (tertiary/aromatic N) is 9. The quantitative estimate of drug-likeness (QED) is 0.125. The predicted octanol–water partition coefficient (Wildman–Crippen LogP) is 5.09. The van der Waals surface area contributed by atoms with Crippen LogP contribution in [0.4, 0.5) is 22.9 Å². The van der Waals surface area contributed by atoms with Crippen LogP contribution in [-0.4, -0.2) is 141 Å². The molecule has 11 rings (SSSR count). The van der Waals surface area contributed by atoms with E-state index in [9.17, 15) is 28.8 Å². The lowest BCUT2D eigenvalue weighted by molar-refractivity contribution is -0.138. The Morgan fingerprint density at radius 2 is 1.44 bits per heavy atom. The summed E-state index contributed by atoms with van der Waals surface area (Å²) in [4.78, 5) is 101. The number of hydrogen-bond donors (Lipinski definition) is 3. The van der Waals surface area contributed by atoms with Gasteiger partial charge in [0, 0.05) is 93.8 Å². The fourth-order valence-electron chi connectivity index (χ4n) is 11.7. The van der Waals surface area contributed by atoms with Crippen LogP contribution in [0.1, 0.15) is 96.5 Å². The number of carbonyl (C=O) groups is 6. The number of rotatable bonds is 14. The lowest BCUT2D eigenvalue weighted by atomic mass is 9.86. The largest absolute Gasteiger partial charge is 0.371 e. The Morgan fingerprint density at radius 3 is 2.19 bits per heavy atom. The second-order valence-corrected chi connectivity index (χ2v) is 20.4. The van der Waals surface area contributed by atoms with Gasteiger partial charge >= 0.3 is 0 Å². The van der Waals surface area contributed by atoms with Gasteiger partial charge in [0.1, 0.15) is 12.4 Å². The molecule has 5 aromatic rings. The zero-order valence-electron chi connectivity index (χ0n) is 40.6. The standard InChI is InChI=1S/C54H62N12O6/c67-46-15-14-45(51(69)60-46)66-53(71)43-13-12-41(32-44(43)54(66)72)62-23-18-37(19-24-62)52(70)64-21-16-35(17-22-64)7-4-20-61-25-27-63(28-26-61)40-10-8-38(9-11-40)59-49-48-50(56-33-55-49)65(34-57-48)42-30-39(31-42)58-47(68)29-36-5-2-1-3-6-36/h1-3,5-6,8-13,32-35,37,39,42,45H,4,7,14-31H2,(H,58,68)(H,55,56,59)(H,60,67,69)/t39?,42?,45-/m0/s1. The van der Waals surface area contributed by atoms with Gasteiger partial charge in [-0.2, -0.15) is 0 Å². The highest BCUT2D eigenvalue weighted by Crippen LogP contribution is 2.37. The molecular weight excluding hydrogens is 913 g/mol. The highest BCUT2D eigenvalue weighted by atomic mass is 16.2. The van der Waals surface area contributed by atoms with E-state index in [1.165, 1.54) is 12.1 Å². The first-order valence-corrected chi connectivity index (χ1v) is 25.9. The first-order valence-electron chi connectivity index (χ1n) is 25.9. The molecule has 6 aliphatic rings. The molecule has 1 atom stereocenters. The van der Waals surface area contributed by atoms with Crippen molar-refractivity contribution in [3.05, 3.63) is 102 Å². The van der Waals surface area contributed by atoms with Gasteiger partial charge in [-0.15, -0.1) is 0 Å². The van der Waals surface area contributed by atoms with Gasteiger partial charge in [0.2, 0.25) is 23.6 Å². The fourth-order valence-corrected chi connectivity index (χ4v) is 11.7. The second-order valence-electron chi connectivity index (χ2n) is 20.4. The number of imide groups is 2. The van der Waals surface area contributed by atoms with Gasteiger partial charge in [0.25, 0.3) is 11.8 Å². The second kappa shape index (κ2) is 20.5. The summed E-state index contributed by atoms with van der Waals surface area (Å²) >= 11 is 0. The van der Waals surface area contributed by atoms with E-state index < -0.39 is 29.7 Å². The van der Waals surface area contributed by atoms with Crippen molar-refractivity contribution in [2.45, 2.75) is 88.8 Å². The van der Waals surface area contributed by atoms with Crippen LogP contribution in [0.3, 0.4) is 0 Å². The zero-order valence-corrected chi connectivity index (χ0v) is 40.6. The summed E-state index contributed by atoms with van der Waals surface area (Å²) in [5.74, 6) is -0.461. The van der Waals surface area contributed by atoms with Crippen molar-refractivity contribution in [3.63, 3.8) is 0 Å². The van der Waals surface area contributed by atoms with Gasteiger partial charge in [0.15, 0.2) is 17.0 Å². The van der Waals surface area contributed by atoms with Gasteiger partial charge in [0.05, 0.1) is 23.9 Å². The smallest absolute Gasteiger partial charge is 0.262 e. The first-order chi connectivity index (χ1) is 35.1. The van der Waals surface area contributed by atoms with E-state index in [-0.39, 0.29) is 53.8 Å². The van der Waals surface area contributed by atoms with Crippen molar-refractivity contribution in [1.29, 1.82) is 0 Å². The minimum atomic E-state index is -0.993. The maximum absolute atomic E-state index is 13.7. The van der Waals surface area contributed by atoms with E-state index in [4.69, 9.17) is 4.98 Å². The van der Waals surface area contributed by atoms with Crippen molar-refractivity contribution >= 4 is 69.5 Å². The van der Waals surface area contributed by atoms with Crippen LogP contribution in [0.2, 0.25) is 0 Å². The number of nitrogens with one attached hydrogen (secondary N) is 3. The number of fused-ring (bicyclic) bond motifs is 2. The molecule has 3 aromatic carbocycles. The Balaban J connectivity index is 0.574. The molecule has 0 bridgehead atoms. The SMILES string of the molecule is O=C1CC[C@H](N2C(=O)c3ccc(N4CCC(C(=O)N5CCC(CCCN6CCN(c7ccc(Nc8ncnc9c8ncn9C8CC(NC(=O)Cc9ccccc9)C8)cc7)CC6)CC5)CC4)cc3C2=O)C(=O)N1. The van der Waals surface area contributed by atoms with Crippen molar-refractivity contribution in [3.8, 4) is 0 Å². The Morgan fingerprint density at radius 1 is 0.722 bits per heavy atom. The van der Waals surface area contributed by atoms with Crippen molar-refractivity contribution in [2.75, 3.05) is 74.0 Å². The molecule has 2 aromatic heterocycles. The monoisotopic (exact) mass is 974 g/mol. The average molecular weight is 975 g/mol. The van der Waals surface area contributed by atoms with Gasteiger partial charge < -0.3 is 29.9 Å². The number of carbonyl (C=O) groups excluding carboxylic acids is 6. The molecule has 374 valence electrons. The Labute approximate surface area is 418 Å². The highest BCUT2D eigenvalue weighted by Gasteiger charge is 2.45. The van der Waals surface area contributed by atoms with Crippen molar-refractivity contribution < 1.29 is 28.8 Å². The molecule has 72 heavy (non-hydrogen) atoms. The summed E-state index contributed by atoms with van der Waals surface area (Å²) in [6.07, 6.45) is 11.6. The molecule has 18 nitrogen and oxygen atoms in total. The molecule has 5 fully saturated rings. The minimum absolute atomic E-state index is 0.0273. The molecule has 0 spiro atoms. The first kappa shape index (κ1) is 47.1. The van der Waals surface area contributed by atoms with E-state index in [1.54, 1.807) is 18.5 Å². The number of hydrogen-bond acceptors (Lipinski definition) is 13. The maximum atomic E-state index is 13.7. The topological polar surface area (TPSA) is 198 Å². The van der Waals surface area contributed by atoms with Gasteiger partial charge in [-0.3, -0.25) is 43.9 Å². The van der Waals surface area contributed by atoms with Crippen LogP contribution in [0.5, 0.6) is 0 Å². The molecule has 1 saturated carbocycles. The van der Waals surface area contributed by atoms with Crippen LogP contribution in [-0.2, 0) is 25.6 Å². The average Bonchev–Trinajstić information content (AvgIpc) is 3.93. The number of likely N-dealkylation sites (tertiary alicyclic amines) is 1. The number of anilines is 4. The Hall–Kier alpha value is -7.21. The Bertz CT molecular complexity index is 2840. The molecule has 0 unspecified atom stereocenters. The van der Waals surface area contributed by atoms with Crippen LogP contribution >= 0.6 is 0 Å². The maximum Gasteiger partial charge on any atom is 0.262 e. The Kier molecular flexibility index (Phi) is 13.4. The molecule has 0 radical (unpaired) electrons. The molecule has 4 saturated heterocycles. The molecule has 7 heterocycles. The number of benzene rings is 3. The number of imidazole rings is 1. The third kappa shape index (κ3) is 9.88. The summed E-state index contributed by atoms with van der Waals surface area (Å²) in [5, 5.41) is 8.88. The summed E-state index contributed by atoms with van der Waals surface area (Å²) in [6.45, 7) is 8.10. The lowest BCUT2D eigenvalue weighted by Crippen LogP contribution is -2.54. The summed E-state index contributed by atoms with van der Waals surface area (Å²) in [6, 6.07) is 22.9. The fraction of sp³-hybridized carbons (Fsp3) is 0.463.